The number of fused-ring (bicyclic) bond motifs is 2. The lowest BCUT2D eigenvalue weighted by Crippen LogP contribution is -2.13. The van der Waals surface area contributed by atoms with Gasteiger partial charge in [0, 0.05) is 40.9 Å². The first-order valence-electron chi connectivity index (χ1n) is 12.0. The molecule has 186 valence electrons. The number of H-pyrrole nitrogens is 2. The fourth-order valence-electron chi connectivity index (χ4n) is 4.48. The number of pyridine rings is 3. The number of phenolic OH excluding ortho intramolecular Hbond substituents is 1. The highest BCUT2D eigenvalue weighted by molar-refractivity contribution is 5.97. The molecule has 5 aromatic heterocycles. The maximum absolute atomic E-state index is 14.0. The average molecular weight is 507 g/mol. The van der Waals surface area contributed by atoms with E-state index in [2.05, 4.69) is 35.5 Å². The minimum Gasteiger partial charge on any atom is -0.508 e. The van der Waals surface area contributed by atoms with Crippen molar-refractivity contribution in [3.8, 4) is 39.7 Å². The standard InChI is InChI=1S/C27H19FN8O2/c28-16-5-14(7-18(37)8-16)19-3-4-30-25-23(19)33-26(34-25)24-20-9-21(31-12-22(20)35-36-24)15-6-17(11-29-10-15)32-27(38)13-1-2-13/h3-13,37H,1-2H2,(H,32,38)(H,35,36)(H,30,33,34). The van der Waals surface area contributed by atoms with Gasteiger partial charge in [-0.3, -0.25) is 19.9 Å². The van der Waals surface area contributed by atoms with E-state index >= 15 is 0 Å². The summed E-state index contributed by atoms with van der Waals surface area (Å²) in [5.74, 6) is -0.162. The Morgan fingerprint density at radius 2 is 1.95 bits per heavy atom. The van der Waals surface area contributed by atoms with Crippen LogP contribution in [0, 0.1) is 11.7 Å². The molecule has 0 unspecified atom stereocenters. The summed E-state index contributed by atoms with van der Waals surface area (Å²) < 4.78 is 14.0. The Morgan fingerprint density at radius 3 is 2.79 bits per heavy atom. The Bertz CT molecular complexity index is 1850. The number of amides is 1. The molecule has 4 N–H and O–H groups in total. The summed E-state index contributed by atoms with van der Waals surface area (Å²) in [5, 5.41) is 21.0. The van der Waals surface area contributed by atoms with E-state index in [-0.39, 0.29) is 17.6 Å². The van der Waals surface area contributed by atoms with Crippen LogP contribution in [0.1, 0.15) is 12.8 Å². The first kappa shape index (κ1) is 22.0. The first-order valence-corrected chi connectivity index (χ1v) is 12.0. The molecule has 0 spiro atoms. The minimum absolute atomic E-state index is 0.0100. The van der Waals surface area contributed by atoms with Crippen LogP contribution in [0.5, 0.6) is 5.75 Å². The molecule has 38 heavy (non-hydrogen) atoms. The number of aromatic hydroxyl groups is 1. The fraction of sp³-hybridized carbons (Fsp3) is 0.111. The fourth-order valence-corrected chi connectivity index (χ4v) is 4.48. The van der Waals surface area contributed by atoms with Crippen molar-refractivity contribution in [3.63, 3.8) is 0 Å². The Hall–Kier alpha value is -5.19. The zero-order valence-electron chi connectivity index (χ0n) is 19.7. The van der Waals surface area contributed by atoms with Gasteiger partial charge in [-0.2, -0.15) is 5.10 Å². The Balaban J connectivity index is 1.29. The molecule has 1 amide bonds. The Labute approximate surface area is 214 Å². The van der Waals surface area contributed by atoms with E-state index in [0.29, 0.717) is 50.7 Å². The van der Waals surface area contributed by atoms with Gasteiger partial charge < -0.3 is 15.4 Å². The zero-order chi connectivity index (χ0) is 25.8. The number of benzene rings is 1. The summed E-state index contributed by atoms with van der Waals surface area (Å²) in [6.07, 6.45) is 8.41. The summed E-state index contributed by atoms with van der Waals surface area (Å²) in [4.78, 5) is 33.3. The van der Waals surface area contributed by atoms with Gasteiger partial charge in [0.2, 0.25) is 5.91 Å². The number of rotatable bonds is 5. The quantitative estimate of drug-likeness (QED) is 0.262. The number of phenols is 1. The molecule has 0 radical (unpaired) electrons. The van der Waals surface area contributed by atoms with Crippen molar-refractivity contribution in [1.29, 1.82) is 0 Å². The maximum atomic E-state index is 14.0. The van der Waals surface area contributed by atoms with E-state index in [1.165, 1.54) is 12.1 Å². The van der Waals surface area contributed by atoms with Crippen LogP contribution >= 0.6 is 0 Å². The second-order valence-corrected chi connectivity index (χ2v) is 9.25. The van der Waals surface area contributed by atoms with Crippen LogP contribution in [0.4, 0.5) is 10.1 Å². The van der Waals surface area contributed by atoms with E-state index < -0.39 is 5.82 Å². The maximum Gasteiger partial charge on any atom is 0.227 e. The Kier molecular flexibility index (Phi) is 4.90. The highest BCUT2D eigenvalue weighted by atomic mass is 19.1. The third-order valence-corrected chi connectivity index (χ3v) is 6.50. The van der Waals surface area contributed by atoms with E-state index in [0.717, 1.165) is 29.9 Å². The van der Waals surface area contributed by atoms with Crippen molar-refractivity contribution in [2.45, 2.75) is 12.8 Å². The largest absolute Gasteiger partial charge is 0.508 e. The average Bonchev–Trinajstić information content (AvgIpc) is 3.54. The van der Waals surface area contributed by atoms with Crippen LogP contribution in [0.25, 0.3) is 56.0 Å². The number of hydrogen-bond acceptors (Lipinski definition) is 7. The van der Waals surface area contributed by atoms with Crippen LogP contribution in [-0.2, 0) is 4.79 Å². The monoisotopic (exact) mass is 506 g/mol. The first-order chi connectivity index (χ1) is 18.5. The van der Waals surface area contributed by atoms with E-state index in [9.17, 15) is 14.3 Å². The predicted octanol–water partition coefficient (Wildman–Crippen LogP) is 4.82. The van der Waals surface area contributed by atoms with Crippen LogP contribution in [0.2, 0.25) is 0 Å². The lowest BCUT2D eigenvalue weighted by molar-refractivity contribution is -0.117. The lowest BCUT2D eigenvalue weighted by atomic mass is 10.1. The third-order valence-electron chi connectivity index (χ3n) is 6.50. The van der Waals surface area contributed by atoms with Crippen LogP contribution in [-0.4, -0.2) is 46.1 Å². The van der Waals surface area contributed by atoms with Gasteiger partial charge in [-0.05, 0) is 48.7 Å². The van der Waals surface area contributed by atoms with Crippen molar-refractivity contribution in [2.24, 2.45) is 5.92 Å². The molecule has 11 heteroatoms. The van der Waals surface area contributed by atoms with Gasteiger partial charge in [0.05, 0.1) is 29.3 Å². The van der Waals surface area contributed by atoms with E-state index in [1.807, 2.05) is 12.1 Å². The zero-order valence-corrected chi connectivity index (χ0v) is 19.7. The number of carbonyl (C=O) groups is 1. The molecule has 0 atom stereocenters. The number of nitrogens with one attached hydrogen (secondary N) is 3. The molecule has 1 aromatic carbocycles. The summed E-state index contributed by atoms with van der Waals surface area (Å²) in [6.45, 7) is 0. The van der Waals surface area contributed by atoms with Crippen molar-refractivity contribution in [2.75, 3.05) is 5.32 Å². The normalized spacial score (nSPS) is 13.3. The summed E-state index contributed by atoms with van der Waals surface area (Å²) >= 11 is 0. The number of anilines is 1. The highest BCUT2D eigenvalue weighted by Crippen LogP contribution is 2.34. The van der Waals surface area contributed by atoms with Gasteiger partial charge in [-0.15, -0.1) is 0 Å². The van der Waals surface area contributed by atoms with Crippen molar-refractivity contribution in [3.05, 3.63) is 67.0 Å². The van der Waals surface area contributed by atoms with Gasteiger partial charge in [-0.1, -0.05) is 0 Å². The molecule has 0 saturated heterocycles. The predicted molar refractivity (Wildman–Crippen MR) is 138 cm³/mol. The molecular weight excluding hydrogens is 487 g/mol. The number of aromatic amines is 2. The number of imidazole rings is 1. The Morgan fingerprint density at radius 1 is 1.05 bits per heavy atom. The second kappa shape index (κ2) is 8.44. The summed E-state index contributed by atoms with van der Waals surface area (Å²) in [6, 6.07) is 9.29. The summed E-state index contributed by atoms with van der Waals surface area (Å²) in [5.41, 5.74) is 5.38. The molecule has 1 fully saturated rings. The number of nitrogens with zero attached hydrogens (tertiary/aromatic N) is 5. The molecule has 5 heterocycles. The molecule has 0 bridgehead atoms. The molecule has 1 aliphatic rings. The molecule has 1 aliphatic carbocycles. The smallest absolute Gasteiger partial charge is 0.227 e. The van der Waals surface area contributed by atoms with Crippen molar-refractivity contribution >= 4 is 33.7 Å². The van der Waals surface area contributed by atoms with Crippen molar-refractivity contribution in [1.82, 2.24) is 35.1 Å². The molecule has 10 nitrogen and oxygen atoms in total. The van der Waals surface area contributed by atoms with Gasteiger partial charge in [0.25, 0.3) is 0 Å². The van der Waals surface area contributed by atoms with Gasteiger partial charge in [0.1, 0.15) is 22.8 Å². The molecule has 0 aliphatic heterocycles. The molecule has 7 rings (SSSR count). The third kappa shape index (κ3) is 3.90. The number of halogens is 1. The molecule has 6 aromatic rings. The topological polar surface area (TPSA) is 145 Å². The summed E-state index contributed by atoms with van der Waals surface area (Å²) in [7, 11) is 0. The number of hydrogen-bond donors (Lipinski definition) is 4. The molecular formula is C27H19FN8O2. The van der Waals surface area contributed by atoms with E-state index in [4.69, 9.17) is 4.98 Å². The minimum atomic E-state index is -0.551. The van der Waals surface area contributed by atoms with Crippen LogP contribution in [0.3, 0.4) is 0 Å². The van der Waals surface area contributed by atoms with Gasteiger partial charge in [-0.25, -0.2) is 14.4 Å². The van der Waals surface area contributed by atoms with Crippen molar-refractivity contribution < 1.29 is 14.3 Å². The van der Waals surface area contributed by atoms with Crippen LogP contribution < -0.4 is 5.32 Å². The van der Waals surface area contributed by atoms with Gasteiger partial charge in [0.15, 0.2) is 11.5 Å². The SMILES string of the molecule is O=C(Nc1cncc(-c2cc3c(-c4nc5c(-c6cc(O)cc(F)c6)ccnc5[nH]4)n[nH]c3cn2)c1)C1CC1. The molecule has 1 saturated carbocycles. The van der Waals surface area contributed by atoms with Crippen LogP contribution in [0.15, 0.2) is 61.2 Å². The lowest BCUT2D eigenvalue weighted by Gasteiger charge is -2.06. The highest BCUT2D eigenvalue weighted by Gasteiger charge is 2.29. The number of carbonyl (C=O) groups excluding carboxylic acids is 1. The second-order valence-electron chi connectivity index (χ2n) is 9.25. The number of aromatic nitrogens is 7. The van der Waals surface area contributed by atoms with E-state index in [1.54, 1.807) is 30.9 Å². The van der Waals surface area contributed by atoms with Gasteiger partial charge >= 0.3 is 0 Å².